The molecule has 1 aromatic rings. The van der Waals surface area contributed by atoms with Crippen LogP contribution in [0.4, 0.5) is 0 Å². The average molecular weight is 288 g/mol. The van der Waals surface area contributed by atoms with Gasteiger partial charge in [-0.3, -0.25) is 4.90 Å². The molecule has 1 atom stereocenters. The highest BCUT2D eigenvalue weighted by atomic mass is 15.2. The van der Waals surface area contributed by atoms with E-state index >= 15 is 0 Å². The maximum atomic E-state index is 3.55. The van der Waals surface area contributed by atoms with E-state index in [9.17, 15) is 0 Å². The van der Waals surface area contributed by atoms with Crippen molar-refractivity contribution in [1.82, 2.24) is 10.2 Å². The number of rotatable bonds is 6. The van der Waals surface area contributed by atoms with E-state index in [1.54, 1.807) is 0 Å². The Morgan fingerprint density at radius 1 is 1.14 bits per heavy atom. The smallest absolute Gasteiger partial charge is 0.0236 e. The zero-order valence-corrected chi connectivity index (χ0v) is 14.3. The molecule has 1 unspecified atom stereocenters. The summed E-state index contributed by atoms with van der Waals surface area (Å²) in [6, 6.07) is 10.0. The first-order valence-electron chi connectivity index (χ1n) is 8.55. The van der Waals surface area contributed by atoms with E-state index in [1.807, 2.05) is 0 Å². The van der Waals surface area contributed by atoms with Crippen molar-refractivity contribution in [3.63, 3.8) is 0 Å². The van der Waals surface area contributed by atoms with Crippen molar-refractivity contribution in [3.8, 4) is 0 Å². The lowest BCUT2D eigenvalue weighted by Gasteiger charge is -2.23. The Balaban J connectivity index is 1.81. The van der Waals surface area contributed by atoms with Gasteiger partial charge in [-0.15, -0.1) is 0 Å². The molecule has 118 valence electrons. The van der Waals surface area contributed by atoms with Crippen LogP contribution in [0.3, 0.4) is 0 Å². The Morgan fingerprint density at radius 2 is 1.81 bits per heavy atom. The van der Waals surface area contributed by atoms with Gasteiger partial charge in [-0.05, 0) is 70.7 Å². The highest BCUT2D eigenvalue weighted by Gasteiger charge is 2.22. The van der Waals surface area contributed by atoms with Crippen LogP contribution in [-0.4, -0.2) is 29.6 Å². The topological polar surface area (TPSA) is 15.3 Å². The van der Waals surface area contributed by atoms with Crippen molar-refractivity contribution >= 4 is 0 Å². The summed E-state index contributed by atoms with van der Waals surface area (Å²) in [6.45, 7) is 12.4. The molecular formula is C19H32N2. The molecule has 0 amide bonds. The van der Waals surface area contributed by atoms with Gasteiger partial charge in [-0.1, -0.05) is 31.2 Å². The number of likely N-dealkylation sites (tertiary alicyclic amines) is 1. The van der Waals surface area contributed by atoms with Gasteiger partial charge in [0.2, 0.25) is 0 Å². The second-order valence-electron chi connectivity index (χ2n) is 7.42. The van der Waals surface area contributed by atoms with E-state index in [-0.39, 0.29) is 5.54 Å². The molecule has 2 nitrogen and oxygen atoms in total. The van der Waals surface area contributed by atoms with Crippen LogP contribution in [0, 0.1) is 0 Å². The van der Waals surface area contributed by atoms with Crippen LogP contribution in [0.5, 0.6) is 0 Å². The minimum atomic E-state index is 0.213. The number of hydrogen-bond donors (Lipinski definition) is 1. The van der Waals surface area contributed by atoms with Gasteiger partial charge in [0.05, 0.1) is 0 Å². The largest absolute Gasteiger partial charge is 0.312 e. The van der Waals surface area contributed by atoms with E-state index in [0.29, 0.717) is 0 Å². The molecule has 1 aliphatic heterocycles. The van der Waals surface area contributed by atoms with Crippen LogP contribution in [0.25, 0.3) is 0 Å². The summed E-state index contributed by atoms with van der Waals surface area (Å²) in [4.78, 5) is 2.65. The first-order chi connectivity index (χ1) is 9.98. The molecular weight excluding hydrogens is 256 g/mol. The molecule has 0 spiro atoms. The van der Waals surface area contributed by atoms with Crippen molar-refractivity contribution in [2.75, 3.05) is 13.1 Å². The molecule has 1 fully saturated rings. The molecule has 0 saturated carbocycles. The lowest BCUT2D eigenvalue weighted by molar-refractivity contribution is 0.240. The van der Waals surface area contributed by atoms with Gasteiger partial charge in [-0.25, -0.2) is 0 Å². The quantitative estimate of drug-likeness (QED) is 0.851. The zero-order valence-electron chi connectivity index (χ0n) is 14.3. The van der Waals surface area contributed by atoms with Crippen molar-refractivity contribution < 1.29 is 0 Å². The third-order valence-electron chi connectivity index (χ3n) is 4.45. The molecule has 0 radical (unpaired) electrons. The summed E-state index contributed by atoms with van der Waals surface area (Å²) in [5.74, 6) is 0. The predicted octanol–water partition coefficient (Wildman–Crippen LogP) is 3.99. The van der Waals surface area contributed by atoms with Crippen molar-refractivity contribution in [3.05, 3.63) is 35.4 Å². The zero-order chi connectivity index (χ0) is 15.3. The maximum absolute atomic E-state index is 3.55. The number of hydrogen-bond acceptors (Lipinski definition) is 2. The lowest BCUT2D eigenvalue weighted by Crippen LogP contribution is -2.37. The molecule has 1 N–H and O–H groups in total. The number of benzene rings is 1. The summed E-state index contributed by atoms with van der Waals surface area (Å²) in [7, 11) is 0. The first kappa shape index (κ1) is 16.5. The summed E-state index contributed by atoms with van der Waals surface area (Å²) in [5.41, 5.74) is 3.11. The summed E-state index contributed by atoms with van der Waals surface area (Å²) < 4.78 is 0. The summed E-state index contributed by atoms with van der Waals surface area (Å²) in [5, 5.41) is 3.55. The predicted molar refractivity (Wildman–Crippen MR) is 91.6 cm³/mol. The van der Waals surface area contributed by atoms with Crippen molar-refractivity contribution in [1.29, 1.82) is 0 Å². The second kappa shape index (κ2) is 7.42. The second-order valence-corrected chi connectivity index (χ2v) is 7.42. The third-order valence-corrected chi connectivity index (χ3v) is 4.45. The standard InChI is InChI=1S/C19H32N2/c1-5-18-7-6-14-21(18)15-17-10-8-16(9-11-17)12-13-20-19(2,3)4/h8-11,18,20H,5-7,12-15H2,1-4H3. The molecule has 0 aliphatic carbocycles. The number of nitrogens with zero attached hydrogens (tertiary/aromatic N) is 1. The van der Waals surface area contributed by atoms with Crippen molar-refractivity contribution in [2.24, 2.45) is 0 Å². The third kappa shape index (κ3) is 5.44. The SMILES string of the molecule is CCC1CCCN1Cc1ccc(CCNC(C)(C)C)cc1. The molecule has 1 heterocycles. The fourth-order valence-electron chi connectivity index (χ4n) is 3.19. The molecule has 2 rings (SSSR count). The van der Waals surface area contributed by atoms with Crippen LogP contribution in [0.1, 0.15) is 58.1 Å². The Bertz CT molecular complexity index is 416. The van der Waals surface area contributed by atoms with Crippen LogP contribution >= 0.6 is 0 Å². The molecule has 1 saturated heterocycles. The summed E-state index contributed by atoms with van der Waals surface area (Å²) in [6.07, 6.45) is 5.15. The van der Waals surface area contributed by atoms with E-state index < -0.39 is 0 Å². The highest BCUT2D eigenvalue weighted by Crippen LogP contribution is 2.22. The summed E-state index contributed by atoms with van der Waals surface area (Å²) >= 11 is 0. The fourth-order valence-corrected chi connectivity index (χ4v) is 3.19. The van der Waals surface area contributed by atoms with Crippen LogP contribution in [0.15, 0.2) is 24.3 Å². The fraction of sp³-hybridized carbons (Fsp3) is 0.684. The monoisotopic (exact) mass is 288 g/mol. The molecule has 21 heavy (non-hydrogen) atoms. The Kier molecular flexibility index (Phi) is 5.83. The van der Waals surface area contributed by atoms with Crippen LogP contribution in [0.2, 0.25) is 0 Å². The van der Waals surface area contributed by atoms with Crippen LogP contribution < -0.4 is 5.32 Å². The van der Waals surface area contributed by atoms with Gasteiger partial charge in [0.25, 0.3) is 0 Å². The van der Waals surface area contributed by atoms with E-state index in [1.165, 1.54) is 36.9 Å². The molecule has 0 bridgehead atoms. The van der Waals surface area contributed by atoms with Gasteiger partial charge in [0.1, 0.15) is 0 Å². The van der Waals surface area contributed by atoms with Gasteiger partial charge >= 0.3 is 0 Å². The minimum Gasteiger partial charge on any atom is -0.312 e. The number of nitrogens with one attached hydrogen (secondary N) is 1. The van der Waals surface area contributed by atoms with E-state index in [2.05, 4.69) is 62.2 Å². The van der Waals surface area contributed by atoms with E-state index in [4.69, 9.17) is 0 Å². The molecule has 0 aromatic heterocycles. The van der Waals surface area contributed by atoms with Crippen LogP contribution in [-0.2, 0) is 13.0 Å². The Hall–Kier alpha value is -0.860. The average Bonchev–Trinajstić information content (AvgIpc) is 2.86. The molecule has 1 aliphatic rings. The lowest BCUT2D eigenvalue weighted by atomic mass is 10.1. The van der Waals surface area contributed by atoms with Gasteiger partial charge in [-0.2, -0.15) is 0 Å². The van der Waals surface area contributed by atoms with Gasteiger partial charge < -0.3 is 5.32 Å². The normalized spacial score (nSPS) is 20.1. The first-order valence-corrected chi connectivity index (χ1v) is 8.55. The molecule has 2 heteroatoms. The Morgan fingerprint density at radius 3 is 2.43 bits per heavy atom. The minimum absolute atomic E-state index is 0.213. The highest BCUT2D eigenvalue weighted by molar-refractivity contribution is 5.23. The van der Waals surface area contributed by atoms with Crippen molar-refractivity contribution in [2.45, 2.75) is 71.5 Å². The van der Waals surface area contributed by atoms with E-state index in [0.717, 1.165) is 25.6 Å². The Labute approximate surface area is 130 Å². The van der Waals surface area contributed by atoms with Gasteiger partial charge in [0.15, 0.2) is 0 Å². The van der Waals surface area contributed by atoms with Gasteiger partial charge in [0, 0.05) is 18.1 Å². The molecule has 1 aromatic carbocycles. The maximum Gasteiger partial charge on any atom is 0.0236 e.